The van der Waals surface area contributed by atoms with Gasteiger partial charge in [0.05, 0.1) is 7.11 Å². The highest BCUT2D eigenvalue weighted by Crippen LogP contribution is 2.13. The Hall–Kier alpha value is -1.54. The van der Waals surface area contributed by atoms with Crippen LogP contribution in [0.15, 0.2) is 0 Å². The Labute approximate surface area is 107 Å². The van der Waals surface area contributed by atoms with E-state index in [1.54, 1.807) is 0 Å². The number of amides is 1. The maximum absolute atomic E-state index is 11.8. The first-order valence-corrected chi connectivity index (χ1v) is 6.12. The fraction of sp³-hybridized carbons (Fsp3) is 0.692. The topological polar surface area (TPSA) is 64.6 Å². The van der Waals surface area contributed by atoms with Crippen molar-refractivity contribution in [2.75, 3.05) is 13.7 Å². The largest absolute Gasteiger partial charge is 0.467 e. The molecule has 2 atom stereocenters. The average Bonchev–Trinajstić information content (AvgIpc) is 2.90. The monoisotopic (exact) mass is 253 g/mol. The summed E-state index contributed by atoms with van der Waals surface area (Å²) in [6.45, 7) is 0.595. The van der Waals surface area contributed by atoms with Gasteiger partial charge in [-0.25, -0.2) is 4.79 Å². The number of carbonyl (C=O) groups is 2. The predicted octanol–water partition coefficient (Wildman–Crippen LogP) is 0.627. The minimum Gasteiger partial charge on any atom is -0.467 e. The van der Waals surface area contributed by atoms with Crippen LogP contribution in [0.3, 0.4) is 0 Å². The second-order valence-electron chi connectivity index (χ2n) is 4.18. The minimum atomic E-state index is -0.639. The number of carbonyl (C=O) groups excluding carboxylic acids is 2. The first-order valence-electron chi connectivity index (χ1n) is 6.12. The molecule has 0 aliphatic carbocycles. The summed E-state index contributed by atoms with van der Waals surface area (Å²) in [6, 6.07) is -0.639. The van der Waals surface area contributed by atoms with E-state index in [1.165, 1.54) is 7.11 Å². The zero-order chi connectivity index (χ0) is 13.4. The van der Waals surface area contributed by atoms with Crippen LogP contribution >= 0.6 is 0 Å². The van der Waals surface area contributed by atoms with E-state index in [0.29, 0.717) is 32.3 Å². The van der Waals surface area contributed by atoms with Gasteiger partial charge in [-0.1, -0.05) is 0 Å². The lowest BCUT2D eigenvalue weighted by molar-refractivity contribution is -0.146. The van der Waals surface area contributed by atoms with E-state index in [4.69, 9.17) is 11.2 Å². The first-order chi connectivity index (χ1) is 8.69. The Kier molecular flexibility index (Phi) is 6.23. The van der Waals surface area contributed by atoms with E-state index < -0.39 is 18.1 Å². The number of hydrogen-bond acceptors (Lipinski definition) is 4. The van der Waals surface area contributed by atoms with Gasteiger partial charge in [-0.15, -0.1) is 12.3 Å². The first kappa shape index (κ1) is 14.5. The molecule has 1 saturated heterocycles. The van der Waals surface area contributed by atoms with Crippen LogP contribution in [0.25, 0.3) is 0 Å². The third kappa shape index (κ3) is 4.38. The van der Waals surface area contributed by atoms with Crippen molar-refractivity contribution in [3.05, 3.63) is 0 Å². The molecule has 0 aromatic rings. The van der Waals surface area contributed by atoms with Crippen LogP contribution in [0.4, 0.5) is 0 Å². The summed E-state index contributed by atoms with van der Waals surface area (Å²) in [5.41, 5.74) is 0. The molecule has 0 bridgehead atoms. The average molecular weight is 253 g/mol. The molecule has 18 heavy (non-hydrogen) atoms. The Morgan fingerprint density at radius 3 is 2.94 bits per heavy atom. The number of terminal acetylenes is 1. The molecule has 0 aromatic heterocycles. The second kappa shape index (κ2) is 7.72. The molecule has 1 aliphatic heterocycles. The Balaban J connectivity index is 2.46. The van der Waals surface area contributed by atoms with Crippen LogP contribution < -0.4 is 5.32 Å². The highest BCUT2D eigenvalue weighted by Gasteiger charge is 2.28. The summed E-state index contributed by atoms with van der Waals surface area (Å²) in [6.07, 6.45) is 8.01. The zero-order valence-electron chi connectivity index (χ0n) is 10.6. The molecular formula is C13H19NO4. The highest BCUT2D eigenvalue weighted by atomic mass is 16.5. The van der Waals surface area contributed by atoms with Crippen LogP contribution in [0.2, 0.25) is 0 Å². The molecule has 1 rings (SSSR count). The molecule has 1 fully saturated rings. The third-order valence-electron chi connectivity index (χ3n) is 2.84. The Bertz CT molecular complexity index is 328. The van der Waals surface area contributed by atoms with Crippen molar-refractivity contribution >= 4 is 11.9 Å². The Morgan fingerprint density at radius 2 is 2.39 bits per heavy atom. The normalized spacial score (nSPS) is 19.9. The van der Waals surface area contributed by atoms with E-state index in [9.17, 15) is 9.59 Å². The van der Waals surface area contributed by atoms with E-state index >= 15 is 0 Å². The van der Waals surface area contributed by atoms with Crippen LogP contribution in [-0.2, 0) is 19.1 Å². The van der Waals surface area contributed by atoms with Crippen molar-refractivity contribution in [2.45, 2.75) is 44.2 Å². The van der Waals surface area contributed by atoms with Crippen molar-refractivity contribution in [1.29, 1.82) is 0 Å². The second-order valence-corrected chi connectivity index (χ2v) is 4.18. The molecular weight excluding hydrogens is 234 g/mol. The van der Waals surface area contributed by atoms with Gasteiger partial charge < -0.3 is 14.8 Å². The van der Waals surface area contributed by atoms with Gasteiger partial charge in [0.15, 0.2) is 0 Å². The van der Waals surface area contributed by atoms with Crippen molar-refractivity contribution in [3.8, 4) is 12.3 Å². The quantitative estimate of drug-likeness (QED) is 0.428. The molecule has 100 valence electrons. The molecule has 0 saturated carbocycles. The molecule has 1 heterocycles. The molecule has 0 spiro atoms. The number of rotatable bonds is 6. The van der Waals surface area contributed by atoms with Crippen molar-refractivity contribution in [1.82, 2.24) is 5.32 Å². The Morgan fingerprint density at radius 1 is 1.61 bits per heavy atom. The molecule has 5 nitrogen and oxygen atoms in total. The third-order valence-corrected chi connectivity index (χ3v) is 2.84. The molecule has 0 aromatic carbocycles. The highest BCUT2D eigenvalue weighted by molar-refractivity contribution is 5.87. The van der Waals surface area contributed by atoms with Crippen molar-refractivity contribution in [3.63, 3.8) is 0 Å². The molecule has 5 heteroatoms. The fourth-order valence-corrected chi connectivity index (χ4v) is 1.85. The van der Waals surface area contributed by atoms with E-state index in [1.807, 2.05) is 0 Å². The van der Waals surface area contributed by atoms with E-state index in [-0.39, 0.29) is 5.91 Å². The van der Waals surface area contributed by atoms with Crippen LogP contribution in [-0.4, -0.2) is 37.7 Å². The van der Waals surface area contributed by atoms with Gasteiger partial charge in [0.1, 0.15) is 12.1 Å². The zero-order valence-corrected chi connectivity index (χ0v) is 10.6. The summed E-state index contributed by atoms with van der Waals surface area (Å²) >= 11 is 0. The van der Waals surface area contributed by atoms with Gasteiger partial charge in [0.25, 0.3) is 0 Å². The van der Waals surface area contributed by atoms with E-state index in [2.05, 4.69) is 16.0 Å². The fourth-order valence-electron chi connectivity index (χ4n) is 1.85. The van der Waals surface area contributed by atoms with Crippen LogP contribution in [0.5, 0.6) is 0 Å². The number of nitrogens with one attached hydrogen (secondary N) is 1. The van der Waals surface area contributed by atoms with Gasteiger partial charge in [-0.3, -0.25) is 4.79 Å². The SMILES string of the molecule is C#CCCC[C@@H](NC(=O)[C@H]1CCCO1)C(=O)OC. The minimum absolute atomic E-state index is 0.247. The lowest BCUT2D eigenvalue weighted by Gasteiger charge is -2.18. The van der Waals surface area contributed by atoms with Crippen molar-refractivity contribution < 1.29 is 19.1 Å². The maximum atomic E-state index is 11.8. The smallest absolute Gasteiger partial charge is 0.328 e. The number of esters is 1. The van der Waals surface area contributed by atoms with Gasteiger partial charge in [-0.2, -0.15) is 0 Å². The van der Waals surface area contributed by atoms with Crippen LogP contribution in [0.1, 0.15) is 32.1 Å². The lowest BCUT2D eigenvalue weighted by atomic mass is 10.1. The predicted molar refractivity (Wildman–Crippen MR) is 65.6 cm³/mol. The summed E-state index contributed by atoms with van der Waals surface area (Å²) in [4.78, 5) is 23.4. The number of hydrogen-bond donors (Lipinski definition) is 1. The number of unbranched alkanes of at least 4 members (excludes halogenated alkanes) is 1. The molecule has 1 aliphatic rings. The maximum Gasteiger partial charge on any atom is 0.328 e. The van der Waals surface area contributed by atoms with Gasteiger partial charge in [-0.05, 0) is 25.7 Å². The number of ether oxygens (including phenoxy) is 2. The molecule has 0 radical (unpaired) electrons. The van der Waals surface area contributed by atoms with Crippen molar-refractivity contribution in [2.24, 2.45) is 0 Å². The van der Waals surface area contributed by atoms with E-state index in [0.717, 1.165) is 6.42 Å². The molecule has 1 N–H and O–H groups in total. The van der Waals surface area contributed by atoms with Gasteiger partial charge in [0.2, 0.25) is 5.91 Å². The molecule has 0 unspecified atom stereocenters. The van der Waals surface area contributed by atoms with Crippen LogP contribution in [0, 0.1) is 12.3 Å². The summed E-state index contributed by atoms with van der Waals surface area (Å²) < 4.78 is 9.92. The van der Waals surface area contributed by atoms with Gasteiger partial charge in [0, 0.05) is 13.0 Å². The summed E-state index contributed by atoms with van der Waals surface area (Å²) in [7, 11) is 1.30. The summed E-state index contributed by atoms with van der Waals surface area (Å²) in [5, 5.41) is 2.66. The summed E-state index contributed by atoms with van der Waals surface area (Å²) in [5.74, 6) is 1.81. The lowest BCUT2D eigenvalue weighted by Crippen LogP contribution is -2.45. The number of methoxy groups -OCH3 is 1. The van der Waals surface area contributed by atoms with Gasteiger partial charge >= 0.3 is 5.97 Å². The molecule has 1 amide bonds. The standard InChI is InChI=1S/C13H19NO4/c1-3-4-5-7-10(13(16)17-2)14-12(15)11-8-6-9-18-11/h1,10-11H,4-9H2,2H3,(H,14,15)/t10-,11-/m1/s1.